The number of aliphatic carboxylic acids is 1. The number of fused-ring (bicyclic) bond motifs is 1. The number of rotatable bonds is 12. The Morgan fingerprint density at radius 1 is 1.05 bits per heavy atom. The Labute approximate surface area is 239 Å². The first kappa shape index (κ1) is 29.9. The number of aliphatic imine (C=N–C) groups is 1. The summed E-state index contributed by atoms with van der Waals surface area (Å²) in [7, 11) is 0.219. The molecule has 0 saturated heterocycles. The van der Waals surface area contributed by atoms with E-state index in [1.54, 1.807) is 48.5 Å². The van der Waals surface area contributed by atoms with Crippen molar-refractivity contribution in [2.45, 2.75) is 25.7 Å². The van der Waals surface area contributed by atoms with Gasteiger partial charge in [0.2, 0.25) is 15.9 Å². The Bertz CT molecular complexity index is 1570. The zero-order chi connectivity index (χ0) is 29.7. The molecule has 1 atom stereocenters. The van der Waals surface area contributed by atoms with Crippen molar-refractivity contribution in [3.05, 3.63) is 89.2 Å². The van der Waals surface area contributed by atoms with Gasteiger partial charge in [0.25, 0.3) is 0 Å². The number of nitrogens with one attached hydrogen (secondary N) is 1. The maximum Gasteiger partial charge on any atom is 0.307 e. The topological polar surface area (TPSA) is 119 Å². The smallest absolute Gasteiger partial charge is 0.307 e. The number of hydrogen-bond acceptors (Lipinski definition) is 6. The van der Waals surface area contributed by atoms with Crippen LogP contribution in [0.1, 0.15) is 36.0 Å². The number of amides is 1. The van der Waals surface area contributed by atoms with E-state index < -0.39 is 27.7 Å². The monoisotopic (exact) mass is 580 g/mol. The molecule has 2 N–H and O–H groups in total. The Kier molecular flexibility index (Phi) is 9.19. The van der Waals surface area contributed by atoms with Crippen LogP contribution in [-0.2, 0) is 26.0 Å². The van der Waals surface area contributed by atoms with E-state index >= 15 is 0 Å². The predicted octanol–water partition coefficient (Wildman–Crippen LogP) is 4.42. The summed E-state index contributed by atoms with van der Waals surface area (Å²) in [6.07, 6.45) is 0.284. The minimum atomic E-state index is -3.53. The summed E-state index contributed by atoms with van der Waals surface area (Å²) in [5, 5.41) is 12.0. The fraction of sp³-hybridized carbons (Fsp3) is 0.300. The Balaban J connectivity index is 1.78. The molecule has 3 aromatic rings. The zero-order valence-corrected chi connectivity index (χ0v) is 24.0. The first-order valence-corrected chi connectivity index (χ1v) is 14.8. The molecular weight excluding hydrogens is 547 g/mol. The van der Waals surface area contributed by atoms with Crippen LogP contribution in [0.5, 0.6) is 0 Å². The van der Waals surface area contributed by atoms with Crippen molar-refractivity contribution in [3.8, 4) is 0 Å². The number of likely N-dealkylation sites (N-methyl/N-ethyl adjacent to an activating group) is 1. The molecule has 1 unspecified atom stereocenters. The quantitative estimate of drug-likeness (QED) is 0.306. The van der Waals surface area contributed by atoms with Gasteiger partial charge in [-0.05, 0) is 79.7 Å². The van der Waals surface area contributed by atoms with Crippen molar-refractivity contribution in [1.29, 1.82) is 0 Å². The van der Waals surface area contributed by atoms with Crippen LogP contribution in [0.4, 0.5) is 21.5 Å². The van der Waals surface area contributed by atoms with Gasteiger partial charge in [0.1, 0.15) is 11.7 Å². The Hall–Kier alpha value is -4.09. The van der Waals surface area contributed by atoms with E-state index in [1.165, 1.54) is 22.5 Å². The lowest BCUT2D eigenvalue weighted by atomic mass is 9.89. The van der Waals surface area contributed by atoms with Crippen molar-refractivity contribution in [3.63, 3.8) is 0 Å². The molecule has 3 aromatic carbocycles. The molecule has 1 amide bonds. The summed E-state index contributed by atoms with van der Waals surface area (Å²) in [4.78, 5) is 31.2. The Morgan fingerprint density at radius 3 is 2.44 bits per heavy atom. The van der Waals surface area contributed by atoms with Crippen LogP contribution in [0.2, 0.25) is 0 Å². The summed E-state index contributed by atoms with van der Waals surface area (Å²) in [6, 6.07) is 17.6. The standard InChI is InChI=1S/C30H33FN4O5S/c1-4-16-41(39,40)35(15-14-34(2)3)24-11-9-23(10-12-24)32-29(21-7-5-6-20(17-21)18-27(36)37)28-25-13-8-22(31)19-26(25)33-30(28)38/h5-13,17,19,28H,4,14-16,18H2,1-3H3,(H,33,38)(H,36,37). The molecule has 9 nitrogen and oxygen atoms in total. The van der Waals surface area contributed by atoms with Crippen LogP contribution in [0.25, 0.3) is 0 Å². The van der Waals surface area contributed by atoms with E-state index in [0.717, 1.165) is 0 Å². The van der Waals surface area contributed by atoms with Crippen molar-refractivity contribution in [1.82, 2.24) is 4.90 Å². The van der Waals surface area contributed by atoms with E-state index in [0.29, 0.717) is 52.4 Å². The minimum Gasteiger partial charge on any atom is -0.481 e. The highest BCUT2D eigenvalue weighted by Gasteiger charge is 2.36. The zero-order valence-electron chi connectivity index (χ0n) is 23.2. The van der Waals surface area contributed by atoms with Crippen LogP contribution in [0.15, 0.2) is 71.7 Å². The van der Waals surface area contributed by atoms with E-state index in [9.17, 15) is 27.5 Å². The molecule has 0 spiro atoms. The van der Waals surface area contributed by atoms with Gasteiger partial charge in [-0.1, -0.05) is 31.2 Å². The molecule has 0 aliphatic carbocycles. The van der Waals surface area contributed by atoms with Gasteiger partial charge in [-0.2, -0.15) is 0 Å². The van der Waals surface area contributed by atoms with E-state index in [2.05, 4.69) is 5.32 Å². The fourth-order valence-corrected chi connectivity index (χ4v) is 6.28. The molecule has 11 heteroatoms. The maximum atomic E-state index is 13.9. The lowest BCUT2D eigenvalue weighted by Gasteiger charge is -2.26. The molecule has 0 bridgehead atoms. The second kappa shape index (κ2) is 12.6. The number of hydrogen-bond donors (Lipinski definition) is 2. The van der Waals surface area contributed by atoms with Crippen LogP contribution >= 0.6 is 0 Å². The molecule has 0 fully saturated rings. The Morgan fingerprint density at radius 2 is 1.78 bits per heavy atom. The van der Waals surface area contributed by atoms with Gasteiger partial charge in [0.15, 0.2) is 0 Å². The number of benzene rings is 3. The number of anilines is 2. The van der Waals surface area contributed by atoms with Gasteiger partial charge in [-0.15, -0.1) is 0 Å². The van der Waals surface area contributed by atoms with E-state index in [4.69, 9.17) is 4.99 Å². The van der Waals surface area contributed by atoms with Gasteiger partial charge >= 0.3 is 5.97 Å². The maximum absolute atomic E-state index is 13.9. The number of carbonyl (C=O) groups is 2. The molecule has 41 heavy (non-hydrogen) atoms. The second-order valence-electron chi connectivity index (χ2n) is 10.1. The van der Waals surface area contributed by atoms with E-state index in [-0.39, 0.29) is 24.6 Å². The molecule has 0 saturated carbocycles. The molecule has 216 valence electrons. The highest BCUT2D eigenvalue weighted by Crippen LogP contribution is 2.37. The molecule has 0 aromatic heterocycles. The second-order valence-corrected chi connectivity index (χ2v) is 12.1. The van der Waals surface area contributed by atoms with Gasteiger partial charge in [0, 0.05) is 18.8 Å². The van der Waals surface area contributed by atoms with Gasteiger partial charge in [0.05, 0.1) is 29.3 Å². The third kappa shape index (κ3) is 7.17. The normalized spacial score (nSPS) is 15.1. The summed E-state index contributed by atoms with van der Waals surface area (Å²) in [5.74, 6) is -2.71. The first-order chi connectivity index (χ1) is 19.5. The molecule has 4 rings (SSSR count). The number of carbonyl (C=O) groups excluding carboxylic acids is 1. The largest absolute Gasteiger partial charge is 0.481 e. The lowest BCUT2D eigenvalue weighted by molar-refractivity contribution is -0.136. The van der Waals surface area contributed by atoms with Gasteiger partial charge in [-0.3, -0.25) is 18.9 Å². The van der Waals surface area contributed by atoms with Crippen molar-refractivity contribution in [2.75, 3.05) is 42.6 Å². The lowest BCUT2D eigenvalue weighted by Crippen LogP contribution is -2.38. The third-order valence-corrected chi connectivity index (χ3v) is 8.62. The van der Waals surface area contributed by atoms with Crippen LogP contribution in [0.3, 0.4) is 0 Å². The predicted molar refractivity (Wildman–Crippen MR) is 158 cm³/mol. The van der Waals surface area contributed by atoms with E-state index in [1.807, 2.05) is 25.9 Å². The molecular formula is C30H33FN4O5S. The van der Waals surface area contributed by atoms with Crippen molar-refractivity contribution >= 4 is 44.7 Å². The average molecular weight is 581 g/mol. The van der Waals surface area contributed by atoms with Crippen LogP contribution in [-0.4, -0.2) is 69.0 Å². The first-order valence-electron chi connectivity index (χ1n) is 13.2. The number of nitrogens with zero attached hydrogens (tertiary/aromatic N) is 3. The number of carboxylic acid groups (broad SMARTS) is 1. The number of sulfonamides is 1. The molecule has 0 radical (unpaired) electrons. The summed E-state index contributed by atoms with van der Waals surface area (Å²) < 4.78 is 41.3. The highest BCUT2D eigenvalue weighted by atomic mass is 32.2. The van der Waals surface area contributed by atoms with Gasteiger partial charge in [-0.25, -0.2) is 12.8 Å². The van der Waals surface area contributed by atoms with Crippen molar-refractivity contribution < 1.29 is 27.5 Å². The average Bonchev–Trinajstić information content (AvgIpc) is 3.22. The third-order valence-electron chi connectivity index (χ3n) is 6.63. The summed E-state index contributed by atoms with van der Waals surface area (Å²) in [5.41, 5.74) is 3.31. The minimum absolute atomic E-state index is 0.0218. The van der Waals surface area contributed by atoms with Crippen LogP contribution < -0.4 is 9.62 Å². The SMILES string of the molecule is CCCS(=O)(=O)N(CCN(C)C)c1ccc(N=C(c2cccc(CC(=O)O)c2)C2C(=O)Nc3cc(F)ccc32)cc1. The van der Waals surface area contributed by atoms with Crippen LogP contribution in [0, 0.1) is 5.82 Å². The highest BCUT2D eigenvalue weighted by molar-refractivity contribution is 7.92. The summed E-state index contributed by atoms with van der Waals surface area (Å²) >= 11 is 0. The molecule has 1 aliphatic rings. The number of halogens is 1. The fourth-order valence-electron chi connectivity index (χ4n) is 4.74. The molecule has 1 heterocycles. The van der Waals surface area contributed by atoms with Crippen molar-refractivity contribution in [2.24, 2.45) is 4.99 Å². The summed E-state index contributed by atoms with van der Waals surface area (Å²) in [6.45, 7) is 2.64. The van der Waals surface area contributed by atoms with Gasteiger partial charge < -0.3 is 15.3 Å². The molecule has 1 aliphatic heterocycles. The number of carboxylic acids is 1.